The highest BCUT2D eigenvalue weighted by molar-refractivity contribution is 5.79. The summed E-state index contributed by atoms with van der Waals surface area (Å²) in [4.78, 5) is 38.8. The van der Waals surface area contributed by atoms with Crippen LogP contribution < -0.4 is 10.3 Å². The van der Waals surface area contributed by atoms with Crippen LogP contribution in [0.15, 0.2) is 59.5 Å². The lowest BCUT2D eigenvalue weighted by molar-refractivity contribution is -0.131. The number of pyridine rings is 1. The lowest BCUT2D eigenvalue weighted by Crippen LogP contribution is -2.40. The Kier molecular flexibility index (Phi) is 6.40. The van der Waals surface area contributed by atoms with Crippen molar-refractivity contribution in [1.29, 1.82) is 0 Å². The number of amides is 1. The fourth-order valence-electron chi connectivity index (χ4n) is 3.90. The van der Waals surface area contributed by atoms with E-state index in [0.29, 0.717) is 36.8 Å². The second-order valence-corrected chi connectivity index (χ2v) is 7.66. The van der Waals surface area contributed by atoms with Gasteiger partial charge in [0.25, 0.3) is 5.56 Å². The van der Waals surface area contributed by atoms with Gasteiger partial charge in [0.1, 0.15) is 11.6 Å². The summed E-state index contributed by atoms with van der Waals surface area (Å²) in [5.74, 6) is 1.50. The van der Waals surface area contributed by atoms with Gasteiger partial charge in [0.2, 0.25) is 5.91 Å². The molecule has 3 aromatic rings. The molecule has 0 spiro atoms. The number of hydrogen-bond donors (Lipinski definition) is 1. The van der Waals surface area contributed by atoms with E-state index in [2.05, 4.69) is 15.0 Å². The molecule has 31 heavy (non-hydrogen) atoms. The summed E-state index contributed by atoms with van der Waals surface area (Å²) < 4.78 is 5.46. The summed E-state index contributed by atoms with van der Waals surface area (Å²) in [6.07, 6.45) is 3.77. The summed E-state index contributed by atoms with van der Waals surface area (Å²) in [6, 6.07) is 14.6. The maximum absolute atomic E-state index is 12.9. The van der Waals surface area contributed by atoms with Gasteiger partial charge in [-0.3, -0.25) is 14.6 Å². The molecule has 160 valence electrons. The van der Waals surface area contributed by atoms with Gasteiger partial charge in [0.05, 0.1) is 24.4 Å². The summed E-state index contributed by atoms with van der Waals surface area (Å²) in [6.45, 7) is 3.82. The number of nitrogens with one attached hydrogen (secondary N) is 1. The zero-order chi connectivity index (χ0) is 21.6. The molecule has 0 radical (unpaired) electrons. The zero-order valence-corrected chi connectivity index (χ0v) is 17.6. The van der Waals surface area contributed by atoms with E-state index < -0.39 is 0 Å². The molecule has 1 saturated heterocycles. The fraction of sp³-hybridized carbons (Fsp3) is 0.333. The van der Waals surface area contributed by atoms with E-state index in [1.165, 1.54) is 6.07 Å². The number of hydrogen-bond acceptors (Lipinski definition) is 5. The molecule has 2 aromatic heterocycles. The number of H-pyrrole nitrogens is 1. The molecule has 1 amide bonds. The van der Waals surface area contributed by atoms with Crippen LogP contribution in [-0.4, -0.2) is 45.5 Å². The van der Waals surface area contributed by atoms with Crippen molar-refractivity contribution in [1.82, 2.24) is 19.9 Å². The van der Waals surface area contributed by atoms with Gasteiger partial charge in [-0.2, -0.15) is 0 Å². The first-order valence-electron chi connectivity index (χ1n) is 10.6. The number of aromatic amines is 1. The summed E-state index contributed by atoms with van der Waals surface area (Å²) in [7, 11) is 0. The lowest BCUT2D eigenvalue weighted by atomic mass is 9.96. The highest BCUT2D eigenvalue weighted by atomic mass is 16.5. The van der Waals surface area contributed by atoms with Crippen LogP contribution in [0.25, 0.3) is 11.4 Å². The molecule has 1 aliphatic heterocycles. The number of rotatable bonds is 6. The molecular weight excluding hydrogens is 392 g/mol. The topological polar surface area (TPSA) is 88.2 Å². The average molecular weight is 418 g/mol. The Morgan fingerprint density at radius 3 is 2.77 bits per heavy atom. The third-order valence-electron chi connectivity index (χ3n) is 5.44. The van der Waals surface area contributed by atoms with Crippen LogP contribution in [0, 0.1) is 0 Å². The Morgan fingerprint density at radius 1 is 1.19 bits per heavy atom. The largest absolute Gasteiger partial charge is 0.494 e. The molecule has 1 fully saturated rings. The Hall–Kier alpha value is -3.48. The van der Waals surface area contributed by atoms with Crippen molar-refractivity contribution in [3.63, 3.8) is 0 Å². The van der Waals surface area contributed by atoms with Gasteiger partial charge in [-0.05, 0) is 49.6 Å². The minimum atomic E-state index is -0.205. The van der Waals surface area contributed by atoms with Crippen molar-refractivity contribution in [3.8, 4) is 17.1 Å². The molecule has 7 heteroatoms. The van der Waals surface area contributed by atoms with Crippen LogP contribution in [0.2, 0.25) is 0 Å². The third-order valence-corrected chi connectivity index (χ3v) is 5.44. The molecule has 1 atom stereocenters. The number of ether oxygens (including phenoxy) is 1. The van der Waals surface area contributed by atoms with Crippen molar-refractivity contribution in [2.75, 3.05) is 19.7 Å². The highest BCUT2D eigenvalue weighted by Crippen LogP contribution is 2.26. The molecular formula is C24H26N4O3. The molecule has 1 unspecified atom stereocenters. The van der Waals surface area contributed by atoms with Crippen LogP contribution in [0.1, 0.15) is 37.1 Å². The lowest BCUT2D eigenvalue weighted by Gasteiger charge is -2.32. The Bertz CT molecular complexity index is 1080. The van der Waals surface area contributed by atoms with Gasteiger partial charge in [-0.1, -0.05) is 18.2 Å². The summed E-state index contributed by atoms with van der Waals surface area (Å²) in [5, 5.41) is 0. The van der Waals surface area contributed by atoms with Crippen molar-refractivity contribution in [2.45, 2.75) is 32.1 Å². The zero-order valence-electron chi connectivity index (χ0n) is 17.6. The highest BCUT2D eigenvalue weighted by Gasteiger charge is 2.26. The molecule has 7 nitrogen and oxygen atoms in total. The van der Waals surface area contributed by atoms with E-state index in [-0.39, 0.29) is 17.4 Å². The number of carbonyl (C=O) groups excluding carboxylic acids is 1. The Balaban J connectivity index is 1.46. The molecule has 0 saturated carbocycles. The molecule has 1 aliphatic rings. The standard InChI is InChI=1S/C24H26N4O3/c1-2-31-19-10-8-17(9-11-19)14-23(30)28-13-5-6-18(16-28)24-26-21(15-22(29)27-24)20-7-3-4-12-25-20/h3-4,7-12,15,18H,2,5-6,13-14,16H2,1H3,(H,26,27,29). The van der Waals surface area contributed by atoms with Gasteiger partial charge >= 0.3 is 0 Å². The molecule has 1 N–H and O–H groups in total. The number of aromatic nitrogens is 3. The average Bonchev–Trinajstić information content (AvgIpc) is 2.81. The predicted molar refractivity (Wildman–Crippen MR) is 118 cm³/mol. The smallest absolute Gasteiger partial charge is 0.251 e. The Labute approximate surface area is 181 Å². The van der Waals surface area contributed by atoms with Crippen LogP contribution in [-0.2, 0) is 11.2 Å². The van der Waals surface area contributed by atoms with Gasteiger partial charge in [0.15, 0.2) is 0 Å². The van der Waals surface area contributed by atoms with E-state index in [1.807, 2.05) is 54.3 Å². The van der Waals surface area contributed by atoms with Crippen LogP contribution in [0.5, 0.6) is 5.75 Å². The number of carbonyl (C=O) groups is 1. The molecule has 0 bridgehead atoms. The van der Waals surface area contributed by atoms with E-state index in [1.54, 1.807) is 6.20 Å². The summed E-state index contributed by atoms with van der Waals surface area (Å²) in [5.41, 5.74) is 1.97. The second kappa shape index (κ2) is 9.55. The number of piperidine rings is 1. The van der Waals surface area contributed by atoms with Crippen molar-refractivity contribution >= 4 is 5.91 Å². The third kappa shape index (κ3) is 5.17. The van der Waals surface area contributed by atoms with E-state index >= 15 is 0 Å². The number of likely N-dealkylation sites (tertiary alicyclic amines) is 1. The first-order valence-corrected chi connectivity index (χ1v) is 10.6. The van der Waals surface area contributed by atoms with Crippen LogP contribution in [0.3, 0.4) is 0 Å². The maximum atomic E-state index is 12.9. The Morgan fingerprint density at radius 2 is 2.03 bits per heavy atom. The summed E-state index contributed by atoms with van der Waals surface area (Å²) >= 11 is 0. The SMILES string of the molecule is CCOc1ccc(CC(=O)N2CCCC(c3nc(-c4ccccn4)cc(=O)[nH]3)C2)cc1. The van der Waals surface area contributed by atoms with Gasteiger partial charge in [-0.25, -0.2) is 4.98 Å². The minimum absolute atomic E-state index is 0.00519. The molecule has 0 aliphatic carbocycles. The van der Waals surface area contributed by atoms with E-state index in [4.69, 9.17) is 4.74 Å². The van der Waals surface area contributed by atoms with Crippen LogP contribution in [0.4, 0.5) is 0 Å². The van der Waals surface area contributed by atoms with Crippen LogP contribution >= 0.6 is 0 Å². The van der Waals surface area contributed by atoms with Gasteiger partial charge in [0, 0.05) is 31.3 Å². The quantitative estimate of drug-likeness (QED) is 0.664. The number of nitrogens with zero attached hydrogens (tertiary/aromatic N) is 3. The fourth-order valence-corrected chi connectivity index (χ4v) is 3.90. The minimum Gasteiger partial charge on any atom is -0.494 e. The molecule has 1 aromatic carbocycles. The maximum Gasteiger partial charge on any atom is 0.251 e. The van der Waals surface area contributed by atoms with Crippen molar-refractivity contribution in [2.24, 2.45) is 0 Å². The van der Waals surface area contributed by atoms with Crippen molar-refractivity contribution < 1.29 is 9.53 Å². The van der Waals surface area contributed by atoms with E-state index in [0.717, 1.165) is 30.7 Å². The van der Waals surface area contributed by atoms with Gasteiger partial charge < -0.3 is 14.6 Å². The van der Waals surface area contributed by atoms with Gasteiger partial charge in [-0.15, -0.1) is 0 Å². The first-order chi connectivity index (χ1) is 15.1. The molecule has 4 rings (SSSR count). The van der Waals surface area contributed by atoms with E-state index in [9.17, 15) is 9.59 Å². The number of benzene rings is 1. The van der Waals surface area contributed by atoms with Crippen molar-refractivity contribution in [3.05, 3.63) is 76.5 Å². The monoisotopic (exact) mass is 418 g/mol. The second-order valence-electron chi connectivity index (χ2n) is 7.66. The normalized spacial score (nSPS) is 16.2. The predicted octanol–water partition coefficient (Wildman–Crippen LogP) is 3.18. The molecule has 3 heterocycles. The first kappa shape index (κ1) is 20.8.